The molecule has 2 rings (SSSR count). The molecule has 0 heterocycles. The first kappa shape index (κ1) is 24.8. The number of halogens is 2. The summed E-state index contributed by atoms with van der Waals surface area (Å²) in [5.74, 6) is -1.47. The van der Waals surface area contributed by atoms with E-state index in [0.29, 0.717) is 17.7 Å². The zero-order chi connectivity index (χ0) is 22.5. The van der Waals surface area contributed by atoms with Crippen LogP contribution in [-0.4, -0.2) is 12.6 Å². The van der Waals surface area contributed by atoms with Gasteiger partial charge < -0.3 is 9.47 Å². The number of benzene rings is 2. The van der Waals surface area contributed by atoms with Gasteiger partial charge in [-0.15, -0.1) is 0 Å². The van der Waals surface area contributed by atoms with Crippen molar-refractivity contribution in [2.24, 2.45) is 0 Å². The van der Waals surface area contributed by atoms with Gasteiger partial charge in [-0.1, -0.05) is 70.9 Å². The van der Waals surface area contributed by atoms with E-state index in [2.05, 4.69) is 6.92 Å². The zero-order valence-corrected chi connectivity index (χ0v) is 18.7. The largest absolute Gasteiger partial charge is 0.491 e. The summed E-state index contributed by atoms with van der Waals surface area (Å²) in [6, 6.07) is 8.88. The topological polar surface area (TPSA) is 35.5 Å². The first-order chi connectivity index (χ1) is 15.0. The van der Waals surface area contributed by atoms with Crippen LogP contribution < -0.4 is 9.47 Å². The SMILES string of the molecule is CCCCCCCCOc1ccc(-c2ccc(OC(=O)CCCCC)c(F)c2)cc1F. The maximum absolute atomic E-state index is 14.4. The van der Waals surface area contributed by atoms with Crippen molar-refractivity contribution in [3.05, 3.63) is 48.0 Å². The molecule has 3 nitrogen and oxygen atoms in total. The number of unbranched alkanes of at least 4 members (excludes halogenated alkanes) is 7. The molecule has 2 aromatic rings. The minimum Gasteiger partial charge on any atom is -0.491 e. The standard InChI is InChI=1S/C26H34F2O3/c1-3-5-7-8-9-11-17-30-24-15-13-20(18-22(24)27)21-14-16-25(23(28)19-21)31-26(29)12-10-6-4-2/h13-16,18-19H,3-12,17H2,1-2H3. The molecule has 0 aliphatic rings. The van der Waals surface area contributed by atoms with Crippen molar-refractivity contribution in [1.29, 1.82) is 0 Å². The number of hydrogen-bond donors (Lipinski definition) is 0. The second-order valence-electron chi connectivity index (χ2n) is 7.84. The summed E-state index contributed by atoms with van der Waals surface area (Å²) in [6.07, 6.45) is 9.76. The Kier molecular flexibility index (Phi) is 11.0. The summed E-state index contributed by atoms with van der Waals surface area (Å²) in [4.78, 5) is 11.8. The second kappa shape index (κ2) is 13.8. The third-order valence-electron chi connectivity index (χ3n) is 5.16. The fraction of sp³-hybridized carbons (Fsp3) is 0.500. The Morgan fingerprint density at radius 1 is 0.742 bits per heavy atom. The Morgan fingerprint density at radius 2 is 1.29 bits per heavy atom. The molecule has 0 aliphatic heterocycles. The normalized spacial score (nSPS) is 10.8. The first-order valence-corrected chi connectivity index (χ1v) is 11.5. The van der Waals surface area contributed by atoms with Gasteiger partial charge in [-0.3, -0.25) is 4.79 Å². The fourth-order valence-electron chi connectivity index (χ4n) is 3.32. The summed E-state index contributed by atoms with van der Waals surface area (Å²) in [5.41, 5.74) is 1.04. The molecule has 2 aromatic carbocycles. The average Bonchev–Trinajstić information content (AvgIpc) is 2.75. The van der Waals surface area contributed by atoms with Crippen LogP contribution >= 0.6 is 0 Å². The van der Waals surface area contributed by atoms with E-state index >= 15 is 0 Å². The van der Waals surface area contributed by atoms with Gasteiger partial charge >= 0.3 is 5.97 Å². The molecule has 170 valence electrons. The van der Waals surface area contributed by atoms with Crippen LogP contribution in [0.15, 0.2) is 36.4 Å². The second-order valence-corrected chi connectivity index (χ2v) is 7.84. The Bertz CT molecular complexity index is 820. The number of ether oxygens (including phenoxy) is 2. The van der Waals surface area contributed by atoms with Gasteiger partial charge in [0.15, 0.2) is 23.1 Å². The van der Waals surface area contributed by atoms with E-state index in [4.69, 9.17) is 9.47 Å². The van der Waals surface area contributed by atoms with E-state index in [1.807, 2.05) is 6.92 Å². The Hall–Kier alpha value is -2.43. The van der Waals surface area contributed by atoms with Gasteiger partial charge in [0, 0.05) is 6.42 Å². The van der Waals surface area contributed by atoms with Gasteiger partial charge in [-0.25, -0.2) is 8.78 Å². The Morgan fingerprint density at radius 3 is 1.90 bits per heavy atom. The number of carbonyl (C=O) groups excluding carboxylic acids is 1. The van der Waals surface area contributed by atoms with E-state index in [-0.39, 0.29) is 17.9 Å². The lowest BCUT2D eigenvalue weighted by Crippen LogP contribution is -2.08. The van der Waals surface area contributed by atoms with Crippen molar-refractivity contribution in [1.82, 2.24) is 0 Å². The van der Waals surface area contributed by atoms with Crippen LogP contribution in [-0.2, 0) is 4.79 Å². The molecule has 0 fully saturated rings. The van der Waals surface area contributed by atoms with Crippen LogP contribution in [0, 0.1) is 11.6 Å². The average molecular weight is 433 g/mol. The van der Waals surface area contributed by atoms with Crippen LogP contribution in [0.5, 0.6) is 11.5 Å². The Labute approximate surface area is 184 Å². The van der Waals surface area contributed by atoms with Gasteiger partial charge in [-0.05, 0) is 48.2 Å². The maximum atomic E-state index is 14.4. The molecule has 5 heteroatoms. The van der Waals surface area contributed by atoms with Crippen molar-refractivity contribution in [3.8, 4) is 22.6 Å². The zero-order valence-electron chi connectivity index (χ0n) is 18.7. The maximum Gasteiger partial charge on any atom is 0.311 e. The molecule has 0 radical (unpaired) electrons. The highest BCUT2D eigenvalue weighted by Crippen LogP contribution is 2.29. The van der Waals surface area contributed by atoms with Crippen molar-refractivity contribution in [2.75, 3.05) is 6.61 Å². The minimum absolute atomic E-state index is 0.107. The number of carbonyl (C=O) groups is 1. The molecule has 0 aliphatic carbocycles. The molecular formula is C26H34F2O3. The van der Waals surface area contributed by atoms with Gasteiger partial charge in [-0.2, -0.15) is 0 Å². The third-order valence-corrected chi connectivity index (χ3v) is 5.16. The summed E-state index contributed by atoms with van der Waals surface area (Å²) in [5, 5.41) is 0. The first-order valence-electron chi connectivity index (χ1n) is 11.5. The molecule has 31 heavy (non-hydrogen) atoms. The van der Waals surface area contributed by atoms with Gasteiger partial charge in [0.25, 0.3) is 0 Å². The van der Waals surface area contributed by atoms with Crippen LogP contribution in [0.25, 0.3) is 11.1 Å². The molecular weight excluding hydrogens is 398 g/mol. The molecule has 0 spiro atoms. The van der Waals surface area contributed by atoms with Crippen molar-refractivity contribution in [2.45, 2.75) is 78.1 Å². The van der Waals surface area contributed by atoms with E-state index in [1.165, 1.54) is 43.9 Å². The molecule has 0 saturated carbocycles. The summed E-state index contributed by atoms with van der Waals surface area (Å²) in [7, 11) is 0. The molecule has 0 unspecified atom stereocenters. The number of rotatable bonds is 14. The van der Waals surface area contributed by atoms with E-state index in [1.54, 1.807) is 18.2 Å². The van der Waals surface area contributed by atoms with Crippen LogP contribution in [0.3, 0.4) is 0 Å². The summed E-state index contributed by atoms with van der Waals surface area (Å²) in [6.45, 7) is 4.71. The van der Waals surface area contributed by atoms with Crippen LogP contribution in [0.1, 0.15) is 78.1 Å². The van der Waals surface area contributed by atoms with Gasteiger partial charge in [0.1, 0.15) is 0 Å². The smallest absolute Gasteiger partial charge is 0.311 e. The predicted molar refractivity (Wildman–Crippen MR) is 120 cm³/mol. The van der Waals surface area contributed by atoms with Crippen molar-refractivity contribution in [3.63, 3.8) is 0 Å². The lowest BCUT2D eigenvalue weighted by Gasteiger charge is -2.10. The molecule has 0 aromatic heterocycles. The third kappa shape index (κ3) is 8.68. The monoisotopic (exact) mass is 432 g/mol. The van der Waals surface area contributed by atoms with Crippen molar-refractivity contribution < 1.29 is 23.0 Å². The molecule has 0 saturated heterocycles. The Balaban J connectivity index is 1.90. The quantitative estimate of drug-likeness (QED) is 0.173. The lowest BCUT2D eigenvalue weighted by molar-refractivity contribution is -0.134. The van der Waals surface area contributed by atoms with Crippen molar-refractivity contribution >= 4 is 5.97 Å². The molecule has 0 amide bonds. The van der Waals surface area contributed by atoms with E-state index in [9.17, 15) is 13.6 Å². The number of esters is 1. The van der Waals surface area contributed by atoms with E-state index in [0.717, 1.165) is 32.1 Å². The molecule has 0 atom stereocenters. The molecule has 0 N–H and O–H groups in total. The highest BCUT2D eigenvalue weighted by atomic mass is 19.1. The van der Waals surface area contributed by atoms with Gasteiger partial charge in [0.05, 0.1) is 6.61 Å². The van der Waals surface area contributed by atoms with E-state index < -0.39 is 17.6 Å². The lowest BCUT2D eigenvalue weighted by atomic mass is 10.0. The van der Waals surface area contributed by atoms with Crippen LogP contribution in [0.4, 0.5) is 8.78 Å². The predicted octanol–water partition coefficient (Wildman–Crippen LogP) is 7.86. The fourth-order valence-corrected chi connectivity index (χ4v) is 3.32. The summed E-state index contributed by atoms with van der Waals surface area (Å²) < 4.78 is 39.5. The number of hydrogen-bond acceptors (Lipinski definition) is 3. The highest BCUT2D eigenvalue weighted by molar-refractivity contribution is 5.73. The molecule has 0 bridgehead atoms. The van der Waals surface area contributed by atoms with Gasteiger partial charge in [0.2, 0.25) is 0 Å². The minimum atomic E-state index is -0.648. The van der Waals surface area contributed by atoms with Crippen LogP contribution in [0.2, 0.25) is 0 Å². The summed E-state index contributed by atoms with van der Waals surface area (Å²) >= 11 is 0. The highest BCUT2D eigenvalue weighted by Gasteiger charge is 2.12.